The molecule has 2 aromatic rings. The number of nitrogens with one attached hydrogen (secondary N) is 1. The second-order valence-electron chi connectivity index (χ2n) is 8.30. The van der Waals surface area contributed by atoms with E-state index in [1.165, 1.54) is 17.0 Å². The van der Waals surface area contributed by atoms with E-state index in [0.717, 1.165) is 10.6 Å². The van der Waals surface area contributed by atoms with Gasteiger partial charge in [0.05, 0.1) is 11.9 Å². The highest BCUT2D eigenvalue weighted by molar-refractivity contribution is 7.92. The lowest BCUT2D eigenvalue weighted by molar-refractivity contribution is -0.139. The fourth-order valence-electron chi connectivity index (χ4n) is 3.47. The third kappa shape index (κ3) is 6.32. The lowest BCUT2D eigenvalue weighted by atomic mass is 10.1. The highest BCUT2D eigenvalue weighted by Gasteiger charge is 2.31. The van der Waals surface area contributed by atoms with Crippen LogP contribution in [0.1, 0.15) is 26.3 Å². The molecular formula is C23H28ClN3O6S. The summed E-state index contributed by atoms with van der Waals surface area (Å²) in [6.45, 7) is 4.85. The summed E-state index contributed by atoms with van der Waals surface area (Å²) in [5.41, 5.74) is 0.959. The molecule has 9 nitrogen and oxygen atoms in total. The molecule has 0 aromatic heterocycles. The van der Waals surface area contributed by atoms with Gasteiger partial charge in [0.1, 0.15) is 12.6 Å². The van der Waals surface area contributed by atoms with E-state index in [0.29, 0.717) is 22.1 Å². The van der Waals surface area contributed by atoms with E-state index in [1.807, 2.05) is 13.8 Å². The Morgan fingerprint density at radius 1 is 1.09 bits per heavy atom. The number of rotatable bonds is 9. The van der Waals surface area contributed by atoms with Gasteiger partial charge in [0.15, 0.2) is 11.5 Å². The van der Waals surface area contributed by atoms with Crippen LogP contribution in [0.2, 0.25) is 5.02 Å². The van der Waals surface area contributed by atoms with Crippen molar-refractivity contribution in [2.24, 2.45) is 0 Å². The van der Waals surface area contributed by atoms with Gasteiger partial charge in [-0.15, -0.1) is 0 Å². The summed E-state index contributed by atoms with van der Waals surface area (Å²) in [6.07, 6.45) is 1.01. The van der Waals surface area contributed by atoms with Crippen LogP contribution in [0.3, 0.4) is 0 Å². The maximum atomic E-state index is 13.5. The minimum absolute atomic E-state index is 0.0342. The third-order valence-electron chi connectivity index (χ3n) is 5.16. The van der Waals surface area contributed by atoms with Crippen molar-refractivity contribution in [3.8, 4) is 11.5 Å². The molecule has 1 aliphatic rings. The molecule has 0 unspecified atom stereocenters. The molecule has 2 amide bonds. The minimum Gasteiger partial charge on any atom is -0.454 e. The van der Waals surface area contributed by atoms with E-state index >= 15 is 0 Å². The summed E-state index contributed by atoms with van der Waals surface area (Å²) < 4.78 is 36.9. The average molecular weight is 510 g/mol. The van der Waals surface area contributed by atoms with Gasteiger partial charge in [0, 0.05) is 23.7 Å². The molecule has 2 aromatic carbocycles. The number of hydrogen-bond acceptors (Lipinski definition) is 6. The fourth-order valence-corrected chi connectivity index (χ4v) is 4.53. The molecule has 34 heavy (non-hydrogen) atoms. The zero-order valence-electron chi connectivity index (χ0n) is 19.4. The zero-order chi connectivity index (χ0) is 25.0. The molecule has 11 heteroatoms. The smallest absolute Gasteiger partial charge is 0.244 e. The topological polar surface area (TPSA) is 105 Å². The van der Waals surface area contributed by atoms with Gasteiger partial charge in [-0.2, -0.15) is 0 Å². The molecule has 0 fully saturated rings. The molecule has 0 saturated heterocycles. The van der Waals surface area contributed by atoms with Gasteiger partial charge in [0.2, 0.25) is 28.6 Å². The number of sulfonamides is 1. The van der Waals surface area contributed by atoms with Crippen LogP contribution in [0.4, 0.5) is 5.69 Å². The van der Waals surface area contributed by atoms with Crippen LogP contribution in [-0.4, -0.2) is 56.8 Å². The van der Waals surface area contributed by atoms with Crippen LogP contribution in [0, 0.1) is 0 Å². The Labute approximate surface area is 204 Å². The first-order valence-corrected chi connectivity index (χ1v) is 12.9. The molecule has 0 saturated carbocycles. The zero-order valence-corrected chi connectivity index (χ0v) is 21.0. The molecular weight excluding hydrogens is 482 g/mol. The van der Waals surface area contributed by atoms with E-state index in [9.17, 15) is 18.0 Å². The number of ether oxygens (including phenoxy) is 2. The van der Waals surface area contributed by atoms with Gasteiger partial charge in [-0.3, -0.25) is 13.9 Å². The number of halogens is 1. The van der Waals surface area contributed by atoms with Crippen LogP contribution in [0.5, 0.6) is 11.5 Å². The number of amides is 2. The lowest BCUT2D eigenvalue weighted by Crippen LogP contribution is -2.52. The van der Waals surface area contributed by atoms with Gasteiger partial charge in [-0.1, -0.05) is 23.7 Å². The van der Waals surface area contributed by atoms with Gasteiger partial charge in [-0.25, -0.2) is 8.42 Å². The first kappa shape index (κ1) is 25.6. The van der Waals surface area contributed by atoms with Crippen molar-refractivity contribution in [2.45, 2.75) is 39.4 Å². The van der Waals surface area contributed by atoms with Crippen LogP contribution < -0.4 is 19.1 Å². The maximum absolute atomic E-state index is 13.5. The normalized spacial score (nSPS) is 13.5. The predicted octanol–water partition coefficient (Wildman–Crippen LogP) is 2.78. The average Bonchev–Trinajstić information content (AvgIpc) is 3.21. The van der Waals surface area contributed by atoms with E-state index in [2.05, 4.69) is 5.32 Å². The first-order valence-electron chi connectivity index (χ1n) is 10.7. The number of nitrogens with zero attached hydrogens (tertiary/aromatic N) is 2. The first-order chi connectivity index (χ1) is 16.0. The maximum Gasteiger partial charge on any atom is 0.244 e. The molecule has 1 N–H and O–H groups in total. The molecule has 0 spiro atoms. The second-order valence-corrected chi connectivity index (χ2v) is 10.6. The third-order valence-corrected chi connectivity index (χ3v) is 6.54. The van der Waals surface area contributed by atoms with Gasteiger partial charge < -0.3 is 19.7 Å². The number of fused-ring (bicyclic) bond motifs is 1. The quantitative estimate of drug-likeness (QED) is 0.557. The molecule has 3 rings (SSSR count). The summed E-state index contributed by atoms with van der Waals surface area (Å²) >= 11 is 6.10. The largest absolute Gasteiger partial charge is 0.454 e. The minimum atomic E-state index is -3.84. The molecule has 0 aliphatic carbocycles. The highest BCUT2D eigenvalue weighted by Crippen LogP contribution is 2.36. The van der Waals surface area contributed by atoms with Crippen LogP contribution in [0.25, 0.3) is 0 Å². The Bertz CT molecular complexity index is 1170. The van der Waals surface area contributed by atoms with E-state index in [1.54, 1.807) is 37.3 Å². The predicted molar refractivity (Wildman–Crippen MR) is 129 cm³/mol. The Morgan fingerprint density at radius 2 is 1.79 bits per heavy atom. The van der Waals surface area contributed by atoms with E-state index in [-0.39, 0.29) is 31.0 Å². The summed E-state index contributed by atoms with van der Waals surface area (Å²) in [5.74, 6) is -0.0158. The molecule has 1 atom stereocenters. The lowest BCUT2D eigenvalue weighted by Gasteiger charge is -2.32. The molecule has 1 aliphatic heterocycles. The Morgan fingerprint density at radius 3 is 2.44 bits per heavy atom. The molecule has 1 heterocycles. The summed E-state index contributed by atoms with van der Waals surface area (Å²) in [5, 5.41) is 3.29. The van der Waals surface area contributed by atoms with Gasteiger partial charge >= 0.3 is 0 Å². The number of anilines is 1. The standard InChI is InChI=1S/C23H28ClN3O6S/c1-15(2)25-23(29)16(3)26(12-17-6-5-7-18(24)10-17)22(28)13-27(34(4,30)31)19-8-9-20-21(11-19)33-14-32-20/h5-11,15-16H,12-14H2,1-4H3,(H,25,29)/t16-/m1/s1. The van der Waals surface area contributed by atoms with Crippen LogP contribution in [0.15, 0.2) is 42.5 Å². The Kier molecular flexibility index (Phi) is 7.93. The molecule has 0 bridgehead atoms. The van der Waals surface area contributed by atoms with Crippen molar-refractivity contribution in [3.63, 3.8) is 0 Å². The van der Waals surface area contributed by atoms with Crippen LogP contribution in [-0.2, 0) is 26.2 Å². The number of carbonyl (C=O) groups excluding carboxylic acids is 2. The Hall–Kier alpha value is -2.98. The van der Waals surface area contributed by atoms with Crippen molar-refractivity contribution in [3.05, 3.63) is 53.1 Å². The van der Waals surface area contributed by atoms with Gasteiger partial charge in [-0.05, 0) is 50.6 Å². The summed E-state index contributed by atoms with van der Waals surface area (Å²) in [6, 6.07) is 10.6. The molecule has 0 radical (unpaired) electrons. The molecule has 184 valence electrons. The van der Waals surface area contributed by atoms with Crippen molar-refractivity contribution < 1.29 is 27.5 Å². The van der Waals surface area contributed by atoms with Crippen molar-refractivity contribution >= 4 is 39.1 Å². The fraction of sp³-hybridized carbons (Fsp3) is 0.391. The monoisotopic (exact) mass is 509 g/mol. The number of carbonyl (C=O) groups is 2. The van der Waals surface area contributed by atoms with Crippen molar-refractivity contribution in [2.75, 3.05) is 23.9 Å². The van der Waals surface area contributed by atoms with Crippen LogP contribution >= 0.6 is 11.6 Å². The summed E-state index contributed by atoms with van der Waals surface area (Å²) in [7, 11) is -3.84. The van der Waals surface area contributed by atoms with E-state index < -0.39 is 28.5 Å². The van der Waals surface area contributed by atoms with Crippen molar-refractivity contribution in [1.82, 2.24) is 10.2 Å². The van der Waals surface area contributed by atoms with Gasteiger partial charge in [0.25, 0.3) is 0 Å². The summed E-state index contributed by atoms with van der Waals surface area (Å²) in [4.78, 5) is 27.6. The van der Waals surface area contributed by atoms with E-state index in [4.69, 9.17) is 21.1 Å². The number of benzene rings is 2. The Balaban J connectivity index is 1.91. The number of hydrogen-bond donors (Lipinski definition) is 1. The highest BCUT2D eigenvalue weighted by atomic mass is 35.5. The van der Waals surface area contributed by atoms with Crippen molar-refractivity contribution in [1.29, 1.82) is 0 Å². The second kappa shape index (κ2) is 10.5. The SMILES string of the molecule is CC(C)NC(=O)[C@@H](C)N(Cc1cccc(Cl)c1)C(=O)CN(c1ccc2c(c1)OCO2)S(C)(=O)=O.